The standard InChI is InChI=1S/C46H85NO8/c1-6-8-10-12-14-16-18-20-21-22-23-25-26-28-30-32-34-36-43(48)53-40-42(41-54-46(45(50)51)52-39-38-47(3,4)5)55-44(49)37-35-33-31-29-27-24-19-17-15-13-11-9-7-2/h11,13,17,19,42,46H,6-10,12,14-16,18,20-41H2,1-5H3/p+1/b13-11-,19-17-. The van der Waals surface area contributed by atoms with E-state index in [1.165, 1.54) is 96.3 Å². The number of allylic oxidation sites excluding steroid dienone is 4. The first kappa shape index (κ1) is 52.8. The molecule has 322 valence electrons. The number of carbonyl (C=O) groups is 3. The van der Waals surface area contributed by atoms with Crippen molar-refractivity contribution in [1.82, 2.24) is 0 Å². The van der Waals surface area contributed by atoms with E-state index < -0.39 is 24.3 Å². The van der Waals surface area contributed by atoms with Crippen LogP contribution in [0.4, 0.5) is 0 Å². The maximum Gasteiger partial charge on any atom is 0.361 e. The number of ether oxygens (including phenoxy) is 4. The Morgan fingerprint density at radius 3 is 1.51 bits per heavy atom. The van der Waals surface area contributed by atoms with Crippen LogP contribution in [0.2, 0.25) is 0 Å². The van der Waals surface area contributed by atoms with Crippen molar-refractivity contribution in [1.29, 1.82) is 0 Å². The topological polar surface area (TPSA) is 108 Å². The molecule has 0 aromatic heterocycles. The Morgan fingerprint density at radius 1 is 0.545 bits per heavy atom. The van der Waals surface area contributed by atoms with Gasteiger partial charge in [0.2, 0.25) is 0 Å². The Kier molecular flexibility index (Phi) is 37.1. The zero-order chi connectivity index (χ0) is 40.7. The number of nitrogens with zero attached hydrogens (tertiary/aromatic N) is 1. The monoisotopic (exact) mass is 781 g/mol. The second-order valence-corrected chi connectivity index (χ2v) is 16.4. The number of carboxylic acids is 1. The first-order valence-corrected chi connectivity index (χ1v) is 22.5. The molecule has 0 heterocycles. The third-order valence-electron chi connectivity index (χ3n) is 9.69. The zero-order valence-electron chi connectivity index (χ0n) is 36.3. The van der Waals surface area contributed by atoms with E-state index in [2.05, 4.69) is 38.2 Å². The number of carboxylic acid groups (broad SMARTS) is 1. The summed E-state index contributed by atoms with van der Waals surface area (Å²) in [6.07, 6.45) is 38.0. The van der Waals surface area contributed by atoms with Gasteiger partial charge in [0, 0.05) is 12.8 Å². The molecule has 0 rings (SSSR count). The van der Waals surface area contributed by atoms with Crippen LogP contribution in [0.1, 0.15) is 194 Å². The second kappa shape index (κ2) is 38.6. The Bertz CT molecular complexity index is 960. The number of hydrogen-bond acceptors (Lipinski definition) is 7. The number of esters is 2. The van der Waals surface area contributed by atoms with Crippen LogP contribution in [0.5, 0.6) is 0 Å². The molecule has 0 amide bonds. The van der Waals surface area contributed by atoms with Gasteiger partial charge in [0.1, 0.15) is 13.2 Å². The Hall–Kier alpha value is -2.23. The first-order chi connectivity index (χ1) is 26.6. The van der Waals surface area contributed by atoms with Crippen molar-refractivity contribution in [3.05, 3.63) is 24.3 Å². The van der Waals surface area contributed by atoms with E-state index in [9.17, 15) is 19.5 Å². The van der Waals surface area contributed by atoms with Crippen molar-refractivity contribution < 1.29 is 42.9 Å². The van der Waals surface area contributed by atoms with Crippen molar-refractivity contribution in [2.75, 3.05) is 47.5 Å². The van der Waals surface area contributed by atoms with E-state index in [0.717, 1.165) is 64.2 Å². The van der Waals surface area contributed by atoms with Crippen LogP contribution in [0.15, 0.2) is 24.3 Å². The largest absolute Gasteiger partial charge is 0.477 e. The van der Waals surface area contributed by atoms with Gasteiger partial charge in [-0.1, -0.05) is 167 Å². The lowest BCUT2D eigenvalue weighted by atomic mass is 10.0. The third-order valence-corrected chi connectivity index (χ3v) is 9.69. The van der Waals surface area contributed by atoms with Crippen molar-refractivity contribution in [3.63, 3.8) is 0 Å². The number of unbranched alkanes of at least 4 members (excludes halogenated alkanes) is 22. The summed E-state index contributed by atoms with van der Waals surface area (Å²) in [5.41, 5.74) is 0. The SMILES string of the molecule is CCC/C=C\C/C=C\CCCCCCCC(=O)OC(COC(=O)CCCCCCCCCCCCCCCCCCC)COC(OCC[N+](C)(C)C)C(=O)O. The highest BCUT2D eigenvalue weighted by Crippen LogP contribution is 2.15. The van der Waals surface area contributed by atoms with Crippen LogP contribution in [0.3, 0.4) is 0 Å². The summed E-state index contributed by atoms with van der Waals surface area (Å²) in [4.78, 5) is 37.1. The highest BCUT2D eigenvalue weighted by atomic mass is 16.7. The summed E-state index contributed by atoms with van der Waals surface area (Å²) >= 11 is 0. The van der Waals surface area contributed by atoms with Gasteiger partial charge in [0.05, 0.1) is 34.4 Å². The van der Waals surface area contributed by atoms with Crippen LogP contribution in [0, 0.1) is 0 Å². The van der Waals surface area contributed by atoms with Crippen LogP contribution in [-0.4, -0.2) is 87.4 Å². The summed E-state index contributed by atoms with van der Waals surface area (Å²) in [7, 11) is 5.95. The molecular weight excluding hydrogens is 695 g/mol. The van der Waals surface area contributed by atoms with Crippen molar-refractivity contribution in [2.45, 2.75) is 206 Å². The van der Waals surface area contributed by atoms with Gasteiger partial charge in [-0.15, -0.1) is 0 Å². The second-order valence-electron chi connectivity index (χ2n) is 16.4. The van der Waals surface area contributed by atoms with E-state index in [0.29, 0.717) is 23.9 Å². The number of carbonyl (C=O) groups excluding carboxylic acids is 2. The molecule has 0 aliphatic rings. The Morgan fingerprint density at radius 2 is 1.02 bits per heavy atom. The van der Waals surface area contributed by atoms with Gasteiger partial charge < -0.3 is 28.5 Å². The highest BCUT2D eigenvalue weighted by Gasteiger charge is 2.25. The average Bonchev–Trinajstić information content (AvgIpc) is 3.14. The van der Waals surface area contributed by atoms with E-state index in [1.54, 1.807) is 0 Å². The maximum atomic E-state index is 12.7. The van der Waals surface area contributed by atoms with Crippen LogP contribution in [-0.2, 0) is 33.3 Å². The minimum Gasteiger partial charge on any atom is -0.477 e. The van der Waals surface area contributed by atoms with Gasteiger partial charge in [-0.3, -0.25) is 9.59 Å². The number of hydrogen-bond donors (Lipinski definition) is 1. The smallest absolute Gasteiger partial charge is 0.361 e. The van der Waals surface area contributed by atoms with Gasteiger partial charge in [0.25, 0.3) is 6.29 Å². The molecule has 9 nitrogen and oxygen atoms in total. The lowest BCUT2D eigenvalue weighted by Crippen LogP contribution is -2.40. The number of quaternary nitrogens is 1. The minimum absolute atomic E-state index is 0.184. The summed E-state index contributed by atoms with van der Waals surface area (Å²) < 4.78 is 22.7. The fourth-order valence-corrected chi connectivity index (χ4v) is 6.17. The molecule has 0 saturated heterocycles. The van der Waals surface area contributed by atoms with Gasteiger partial charge in [-0.05, 0) is 38.5 Å². The average molecular weight is 781 g/mol. The number of aliphatic carboxylic acids is 1. The number of likely N-dealkylation sites (N-methyl/N-ethyl adjacent to an activating group) is 1. The predicted octanol–water partition coefficient (Wildman–Crippen LogP) is 11.7. The molecule has 55 heavy (non-hydrogen) atoms. The lowest BCUT2D eigenvalue weighted by Gasteiger charge is -2.25. The van der Waals surface area contributed by atoms with Gasteiger partial charge in [0.15, 0.2) is 6.10 Å². The Labute approximate surface area is 337 Å². The van der Waals surface area contributed by atoms with Crippen LogP contribution < -0.4 is 0 Å². The predicted molar refractivity (Wildman–Crippen MR) is 226 cm³/mol. The highest BCUT2D eigenvalue weighted by molar-refractivity contribution is 5.71. The van der Waals surface area contributed by atoms with Gasteiger partial charge >= 0.3 is 17.9 Å². The van der Waals surface area contributed by atoms with Crippen LogP contribution >= 0.6 is 0 Å². The molecule has 1 N–H and O–H groups in total. The summed E-state index contributed by atoms with van der Waals surface area (Å²) in [6, 6.07) is 0. The molecule has 9 heteroatoms. The zero-order valence-corrected chi connectivity index (χ0v) is 36.3. The number of rotatable bonds is 41. The normalized spacial score (nSPS) is 13.1. The Balaban J connectivity index is 4.41. The lowest BCUT2D eigenvalue weighted by molar-refractivity contribution is -0.870. The molecule has 0 aliphatic heterocycles. The molecule has 0 saturated carbocycles. The molecule has 0 spiro atoms. The fourth-order valence-electron chi connectivity index (χ4n) is 6.17. The molecule has 0 aromatic carbocycles. The van der Waals surface area contributed by atoms with Gasteiger partial charge in [-0.25, -0.2) is 4.79 Å². The molecular formula is C46H86NO8+. The molecule has 0 bridgehead atoms. The third kappa shape index (κ3) is 39.8. The van der Waals surface area contributed by atoms with Crippen molar-refractivity contribution >= 4 is 17.9 Å². The summed E-state index contributed by atoms with van der Waals surface area (Å²) in [5, 5.41) is 9.62. The van der Waals surface area contributed by atoms with E-state index in [-0.39, 0.29) is 32.2 Å². The van der Waals surface area contributed by atoms with Crippen LogP contribution in [0.25, 0.3) is 0 Å². The molecule has 2 atom stereocenters. The van der Waals surface area contributed by atoms with Crippen molar-refractivity contribution in [3.8, 4) is 0 Å². The quantitative estimate of drug-likeness (QED) is 0.0215. The maximum absolute atomic E-state index is 12.7. The van der Waals surface area contributed by atoms with E-state index >= 15 is 0 Å². The van der Waals surface area contributed by atoms with Gasteiger partial charge in [-0.2, -0.15) is 0 Å². The first-order valence-electron chi connectivity index (χ1n) is 22.5. The minimum atomic E-state index is -1.51. The molecule has 0 aromatic rings. The molecule has 2 unspecified atom stereocenters. The van der Waals surface area contributed by atoms with E-state index in [1.807, 2.05) is 21.1 Å². The van der Waals surface area contributed by atoms with E-state index in [4.69, 9.17) is 18.9 Å². The van der Waals surface area contributed by atoms with Crippen molar-refractivity contribution in [2.24, 2.45) is 0 Å². The molecule has 0 fully saturated rings. The molecule has 0 aliphatic carbocycles. The fraction of sp³-hybridized carbons (Fsp3) is 0.848. The summed E-state index contributed by atoms with van der Waals surface area (Å²) in [5.74, 6) is -2.02. The molecule has 0 radical (unpaired) electrons. The summed E-state index contributed by atoms with van der Waals surface area (Å²) in [6.45, 7) is 4.80.